The first-order chi connectivity index (χ1) is 6.77. The third kappa shape index (κ3) is 1.86. The third-order valence-electron chi connectivity index (χ3n) is 2.60. The Morgan fingerprint density at radius 2 is 1.86 bits per heavy atom. The fourth-order valence-electron chi connectivity index (χ4n) is 1.79. The van der Waals surface area contributed by atoms with E-state index in [2.05, 4.69) is 0 Å². The second-order valence-corrected chi connectivity index (χ2v) is 3.63. The van der Waals surface area contributed by atoms with Crippen LogP contribution in [0.4, 0.5) is 0 Å². The summed E-state index contributed by atoms with van der Waals surface area (Å²) < 4.78 is 0. The first-order valence-corrected chi connectivity index (χ1v) is 4.89. The van der Waals surface area contributed by atoms with E-state index >= 15 is 0 Å². The lowest BCUT2D eigenvalue weighted by molar-refractivity contribution is 0.196. The molecule has 14 heavy (non-hydrogen) atoms. The molecule has 0 spiro atoms. The Bertz CT molecular complexity index is 344. The maximum absolute atomic E-state index is 9.79. The summed E-state index contributed by atoms with van der Waals surface area (Å²) >= 11 is 0. The first kappa shape index (κ1) is 9.44. The van der Waals surface area contributed by atoms with E-state index < -0.39 is 12.2 Å². The molecule has 0 bridgehead atoms. The zero-order chi connectivity index (χ0) is 9.97. The average Bonchev–Trinajstić information content (AvgIpc) is 2.21. The molecule has 1 aromatic carbocycles. The van der Waals surface area contributed by atoms with Crippen molar-refractivity contribution in [2.75, 3.05) is 0 Å². The lowest BCUT2D eigenvalue weighted by atomic mass is 9.94. The molecule has 0 aliphatic heterocycles. The minimum absolute atomic E-state index is 0.432. The largest absolute Gasteiger partial charge is 0.389 e. The van der Waals surface area contributed by atoms with Crippen LogP contribution in [-0.4, -0.2) is 16.3 Å². The summed E-state index contributed by atoms with van der Waals surface area (Å²) in [6.07, 6.45) is 3.85. The minimum Gasteiger partial charge on any atom is -0.389 e. The van der Waals surface area contributed by atoms with Gasteiger partial charge in [0.1, 0.15) is 0 Å². The number of rotatable bonds is 0. The molecule has 0 aromatic heterocycles. The Balaban J connectivity index is 2.37. The highest BCUT2D eigenvalue weighted by Crippen LogP contribution is 2.23. The van der Waals surface area contributed by atoms with Gasteiger partial charge in [0.2, 0.25) is 0 Å². The molecule has 2 nitrogen and oxygen atoms in total. The Morgan fingerprint density at radius 1 is 1.07 bits per heavy atom. The van der Waals surface area contributed by atoms with Crippen molar-refractivity contribution in [3.05, 3.63) is 47.5 Å². The molecule has 2 unspecified atom stereocenters. The van der Waals surface area contributed by atoms with E-state index in [-0.39, 0.29) is 0 Å². The van der Waals surface area contributed by atoms with Crippen LogP contribution in [0.1, 0.15) is 23.7 Å². The highest BCUT2D eigenvalue weighted by molar-refractivity contribution is 5.32. The number of aryl methyl sites for hydroxylation is 1. The van der Waals surface area contributed by atoms with Crippen LogP contribution in [0.3, 0.4) is 0 Å². The van der Waals surface area contributed by atoms with Crippen LogP contribution in [0.25, 0.3) is 0 Å². The molecule has 2 heteroatoms. The van der Waals surface area contributed by atoms with E-state index in [1.54, 1.807) is 12.2 Å². The molecule has 0 fully saturated rings. The summed E-state index contributed by atoms with van der Waals surface area (Å²) in [5.74, 6) is 0. The van der Waals surface area contributed by atoms with Gasteiger partial charge in [0.15, 0.2) is 0 Å². The monoisotopic (exact) mass is 190 g/mol. The van der Waals surface area contributed by atoms with Gasteiger partial charge in [-0.3, -0.25) is 0 Å². The number of hydrogen-bond donors (Lipinski definition) is 2. The fourth-order valence-corrected chi connectivity index (χ4v) is 1.79. The molecular formula is C12H14O2. The Morgan fingerprint density at radius 3 is 2.71 bits per heavy atom. The van der Waals surface area contributed by atoms with Crippen molar-refractivity contribution in [1.29, 1.82) is 0 Å². The first-order valence-electron chi connectivity index (χ1n) is 4.89. The summed E-state index contributed by atoms with van der Waals surface area (Å²) in [6, 6.07) is 7.82. The predicted octanol–water partition coefficient (Wildman–Crippen LogP) is 1.58. The lowest BCUT2D eigenvalue weighted by Gasteiger charge is -2.17. The molecule has 2 N–H and O–H groups in total. The molecule has 2 atom stereocenters. The number of aliphatic hydroxyl groups excluding tert-OH is 2. The predicted molar refractivity (Wildman–Crippen MR) is 54.9 cm³/mol. The van der Waals surface area contributed by atoms with Gasteiger partial charge in [-0.1, -0.05) is 36.4 Å². The SMILES string of the molecule is OC1/C=C/C(O)c2ccccc2CC1. The summed E-state index contributed by atoms with van der Waals surface area (Å²) in [5.41, 5.74) is 2.08. The van der Waals surface area contributed by atoms with E-state index in [1.807, 2.05) is 24.3 Å². The lowest BCUT2D eigenvalue weighted by Crippen LogP contribution is -2.10. The summed E-state index contributed by atoms with van der Waals surface area (Å²) in [6.45, 7) is 0. The van der Waals surface area contributed by atoms with Crippen LogP contribution in [0, 0.1) is 0 Å². The normalized spacial score (nSPS) is 28.7. The molecule has 0 radical (unpaired) electrons. The molecule has 0 saturated heterocycles. The average molecular weight is 190 g/mol. The molecule has 1 aromatic rings. The number of aliphatic hydroxyl groups is 2. The molecule has 2 rings (SSSR count). The number of benzene rings is 1. The van der Waals surface area contributed by atoms with Gasteiger partial charge in [-0.2, -0.15) is 0 Å². The topological polar surface area (TPSA) is 40.5 Å². The van der Waals surface area contributed by atoms with Crippen molar-refractivity contribution < 1.29 is 10.2 Å². The van der Waals surface area contributed by atoms with Gasteiger partial charge in [-0.25, -0.2) is 0 Å². The fraction of sp³-hybridized carbons (Fsp3) is 0.333. The van der Waals surface area contributed by atoms with Crippen LogP contribution in [0.2, 0.25) is 0 Å². The second-order valence-electron chi connectivity index (χ2n) is 3.63. The van der Waals surface area contributed by atoms with Gasteiger partial charge in [-0.05, 0) is 24.0 Å². The van der Waals surface area contributed by atoms with Crippen molar-refractivity contribution in [2.45, 2.75) is 25.0 Å². The molecular weight excluding hydrogens is 176 g/mol. The van der Waals surface area contributed by atoms with E-state index in [0.717, 1.165) is 24.0 Å². The molecule has 74 valence electrons. The van der Waals surface area contributed by atoms with Crippen molar-refractivity contribution >= 4 is 0 Å². The Kier molecular flexibility index (Phi) is 2.66. The van der Waals surface area contributed by atoms with Crippen molar-refractivity contribution in [3.63, 3.8) is 0 Å². The van der Waals surface area contributed by atoms with Crippen molar-refractivity contribution in [2.24, 2.45) is 0 Å². The molecule has 0 saturated carbocycles. The maximum Gasteiger partial charge on any atom is 0.0975 e. The quantitative estimate of drug-likeness (QED) is 0.610. The van der Waals surface area contributed by atoms with Gasteiger partial charge in [-0.15, -0.1) is 0 Å². The Labute approximate surface area is 83.5 Å². The van der Waals surface area contributed by atoms with Crippen molar-refractivity contribution in [1.82, 2.24) is 0 Å². The van der Waals surface area contributed by atoms with Crippen LogP contribution in [0.15, 0.2) is 36.4 Å². The second kappa shape index (κ2) is 3.95. The highest BCUT2D eigenvalue weighted by atomic mass is 16.3. The van der Waals surface area contributed by atoms with E-state index in [4.69, 9.17) is 0 Å². The zero-order valence-corrected chi connectivity index (χ0v) is 7.93. The number of fused-ring (bicyclic) bond motifs is 1. The summed E-state index contributed by atoms with van der Waals surface area (Å²) in [5, 5.41) is 19.2. The van der Waals surface area contributed by atoms with Crippen LogP contribution < -0.4 is 0 Å². The van der Waals surface area contributed by atoms with E-state index in [0.29, 0.717) is 0 Å². The Hall–Kier alpha value is -1.12. The number of hydrogen-bond acceptors (Lipinski definition) is 2. The van der Waals surface area contributed by atoms with Gasteiger partial charge < -0.3 is 10.2 Å². The standard InChI is InChI=1S/C12H14O2/c13-10-6-5-9-3-1-2-4-11(9)12(14)8-7-10/h1-4,7-8,10,12-14H,5-6H2/b8-7+. The minimum atomic E-state index is -0.582. The van der Waals surface area contributed by atoms with Crippen LogP contribution >= 0.6 is 0 Å². The van der Waals surface area contributed by atoms with Gasteiger partial charge >= 0.3 is 0 Å². The summed E-state index contributed by atoms with van der Waals surface area (Å²) in [4.78, 5) is 0. The smallest absolute Gasteiger partial charge is 0.0975 e. The van der Waals surface area contributed by atoms with Crippen LogP contribution in [0.5, 0.6) is 0 Å². The van der Waals surface area contributed by atoms with Gasteiger partial charge in [0, 0.05) is 0 Å². The van der Waals surface area contributed by atoms with Gasteiger partial charge in [0.25, 0.3) is 0 Å². The zero-order valence-electron chi connectivity index (χ0n) is 7.93. The van der Waals surface area contributed by atoms with Gasteiger partial charge in [0.05, 0.1) is 12.2 Å². The molecule has 1 aliphatic rings. The third-order valence-corrected chi connectivity index (χ3v) is 2.60. The summed E-state index contributed by atoms with van der Waals surface area (Å²) in [7, 11) is 0. The molecule has 0 heterocycles. The maximum atomic E-state index is 9.79. The van der Waals surface area contributed by atoms with Crippen LogP contribution in [-0.2, 0) is 6.42 Å². The molecule has 1 aliphatic carbocycles. The van der Waals surface area contributed by atoms with E-state index in [9.17, 15) is 10.2 Å². The van der Waals surface area contributed by atoms with Crippen molar-refractivity contribution in [3.8, 4) is 0 Å². The highest BCUT2D eigenvalue weighted by Gasteiger charge is 2.13. The molecule has 0 amide bonds. The van der Waals surface area contributed by atoms with E-state index in [1.165, 1.54) is 0 Å².